The number of rotatable bonds is 6. The van der Waals surface area contributed by atoms with Gasteiger partial charge in [0.25, 0.3) is 7.37 Å². The Hall–Kier alpha value is -3.89. The van der Waals surface area contributed by atoms with E-state index in [2.05, 4.69) is 13.2 Å². The SMILES string of the molecule is C=C(C)C(=O)Oc1ccc(C(C)(C)P2(=O)Oc3ccccc3-c3ccccc32)c(OC(=O)C(=C)C)c1. The van der Waals surface area contributed by atoms with E-state index < -0.39 is 24.5 Å². The molecule has 3 aromatic carbocycles. The molecular weight excluding hydrogens is 475 g/mol. The molecule has 0 aliphatic carbocycles. The van der Waals surface area contributed by atoms with E-state index in [-0.39, 0.29) is 22.6 Å². The van der Waals surface area contributed by atoms with Gasteiger partial charge in [0.1, 0.15) is 17.2 Å². The van der Waals surface area contributed by atoms with E-state index in [1.807, 2.05) is 36.4 Å². The lowest BCUT2D eigenvalue weighted by atomic mass is 10.0. The van der Waals surface area contributed by atoms with E-state index in [9.17, 15) is 14.2 Å². The van der Waals surface area contributed by atoms with Crippen LogP contribution in [0.5, 0.6) is 17.2 Å². The number of para-hydroxylation sites is 1. The molecule has 1 atom stereocenters. The first-order valence-electron chi connectivity index (χ1n) is 11.3. The molecule has 4 rings (SSSR count). The highest BCUT2D eigenvalue weighted by Crippen LogP contribution is 2.67. The zero-order valence-corrected chi connectivity index (χ0v) is 21.6. The number of benzene rings is 3. The van der Waals surface area contributed by atoms with Crippen molar-refractivity contribution in [3.05, 3.63) is 96.6 Å². The topological polar surface area (TPSA) is 78.9 Å². The Balaban J connectivity index is 1.88. The number of carbonyl (C=O) groups excluding carboxylic acids is 2. The van der Waals surface area contributed by atoms with Crippen molar-refractivity contribution in [3.8, 4) is 28.4 Å². The predicted octanol–water partition coefficient (Wildman–Crippen LogP) is 6.55. The summed E-state index contributed by atoms with van der Waals surface area (Å²) in [6, 6.07) is 19.5. The summed E-state index contributed by atoms with van der Waals surface area (Å²) >= 11 is 0. The normalized spacial score (nSPS) is 16.1. The summed E-state index contributed by atoms with van der Waals surface area (Å²) in [7, 11) is -3.65. The molecule has 1 heterocycles. The third-order valence-electron chi connectivity index (χ3n) is 6.08. The van der Waals surface area contributed by atoms with Crippen molar-refractivity contribution >= 4 is 24.6 Å². The lowest BCUT2D eigenvalue weighted by Gasteiger charge is -2.39. The summed E-state index contributed by atoms with van der Waals surface area (Å²) in [4.78, 5) is 24.6. The maximum Gasteiger partial charge on any atom is 0.338 e. The molecule has 0 bridgehead atoms. The lowest BCUT2D eigenvalue weighted by Crippen LogP contribution is -2.31. The molecule has 1 unspecified atom stereocenters. The third kappa shape index (κ3) is 4.29. The second-order valence-corrected chi connectivity index (χ2v) is 12.1. The van der Waals surface area contributed by atoms with Crippen LogP contribution in [0.25, 0.3) is 11.1 Å². The molecule has 0 N–H and O–H groups in total. The number of ether oxygens (including phenoxy) is 2. The summed E-state index contributed by atoms with van der Waals surface area (Å²) in [5.41, 5.74) is 2.53. The van der Waals surface area contributed by atoms with Gasteiger partial charge in [-0.25, -0.2) is 9.59 Å². The summed E-state index contributed by atoms with van der Waals surface area (Å²) in [6.45, 7) is 13.9. The van der Waals surface area contributed by atoms with E-state index >= 15 is 0 Å². The average molecular weight is 503 g/mol. The highest BCUT2D eigenvalue weighted by atomic mass is 31.2. The van der Waals surface area contributed by atoms with Crippen LogP contribution in [0.3, 0.4) is 0 Å². The first-order chi connectivity index (χ1) is 17.0. The fourth-order valence-corrected chi connectivity index (χ4v) is 6.69. The van der Waals surface area contributed by atoms with Crippen molar-refractivity contribution in [2.45, 2.75) is 32.9 Å². The van der Waals surface area contributed by atoms with Crippen molar-refractivity contribution in [3.63, 3.8) is 0 Å². The van der Waals surface area contributed by atoms with Crippen LogP contribution in [0.1, 0.15) is 33.3 Å². The van der Waals surface area contributed by atoms with Crippen molar-refractivity contribution in [2.75, 3.05) is 0 Å². The van der Waals surface area contributed by atoms with Crippen LogP contribution in [0.2, 0.25) is 0 Å². The number of fused-ring (bicyclic) bond motifs is 3. The van der Waals surface area contributed by atoms with E-state index in [1.165, 1.54) is 19.9 Å². The van der Waals surface area contributed by atoms with Crippen LogP contribution in [0.4, 0.5) is 0 Å². The van der Waals surface area contributed by atoms with Crippen LogP contribution >= 0.6 is 7.37 Å². The molecule has 0 radical (unpaired) electrons. The molecular formula is C29H27O6P. The first-order valence-corrected chi connectivity index (χ1v) is 13.0. The molecule has 1 aliphatic rings. The maximum absolute atomic E-state index is 14.9. The van der Waals surface area contributed by atoms with Crippen LogP contribution < -0.4 is 19.3 Å². The van der Waals surface area contributed by atoms with Gasteiger partial charge in [0.05, 0.1) is 10.5 Å². The van der Waals surface area contributed by atoms with Gasteiger partial charge in [-0.15, -0.1) is 0 Å². The number of hydrogen-bond donors (Lipinski definition) is 0. The van der Waals surface area contributed by atoms with Crippen LogP contribution in [0.15, 0.2) is 91.0 Å². The molecule has 3 aromatic rings. The van der Waals surface area contributed by atoms with Gasteiger partial charge in [-0.05, 0) is 51.5 Å². The monoisotopic (exact) mass is 502 g/mol. The second-order valence-electron chi connectivity index (χ2n) is 9.21. The lowest BCUT2D eigenvalue weighted by molar-refractivity contribution is -0.130. The smallest absolute Gasteiger partial charge is 0.338 e. The van der Waals surface area contributed by atoms with Crippen molar-refractivity contribution in [2.24, 2.45) is 0 Å². The van der Waals surface area contributed by atoms with Gasteiger partial charge in [0.15, 0.2) is 0 Å². The molecule has 184 valence electrons. The highest BCUT2D eigenvalue weighted by molar-refractivity contribution is 7.68. The Morgan fingerprint density at radius 3 is 2.08 bits per heavy atom. The van der Waals surface area contributed by atoms with Gasteiger partial charge >= 0.3 is 11.9 Å². The molecule has 0 aromatic heterocycles. The molecule has 0 saturated heterocycles. The van der Waals surface area contributed by atoms with Gasteiger partial charge in [-0.2, -0.15) is 0 Å². The minimum atomic E-state index is -3.65. The molecule has 0 fully saturated rings. The van der Waals surface area contributed by atoms with Crippen LogP contribution in [0, 0.1) is 0 Å². The Morgan fingerprint density at radius 1 is 0.833 bits per heavy atom. The number of carbonyl (C=O) groups is 2. The Labute approximate surface area is 210 Å². The molecule has 6 nitrogen and oxygen atoms in total. The van der Waals surface area contributed by atoms with Crippen LogP contribution in [-0.4, -0.2) is 11.9 Å². The average Bonchev–Trinajstić information content (AvgIpc) is 2.84. The Bertz CT molecular complexity index is 1470. The zero-order chi connectivity index (χ0) is 26.3. The Morgan fingerprint density at radius 2 is 1.42 bits per heavy atom. The summed E-state index contributed by atoms with van der Waals surface area (Å²) < 4.78 is 32.2. The molecule has 36 heavy (non-hydrogen) atoms. The maximum atomic E-state index is 14.9. The van der Waals surface area contributed by atoms with Crippen molar-refractivity contribution < 1.29 is 28.2 Å². The minimum Gasteiger partial charge on any atom is -0.439 e. The third-order valence-corrected chi connectivity index (χ3v) is 9.27. The van der Waals surface area contributed by atoms with E-state index in [0.717, 1.165) is 11.1 Å². The van der Waals surface area contributed by atoms with Gasteiger partial charge in [-0.1, -0.05) is 55.6 Å². The highest BCUT2D eigenvalue weighted by Gasteiger charge is 2.51. The summed E-state index contributed by atoms with van der Waals surface area (Å²) in [5, 5.41) is -0.582. The van der Waals surface area contributed by atoms with Gasteiger partial charge in [-0.3, -0.25) is 4.57 Å². The standard InChI is InChI=1S/C29H27O6P/c1-18(2)27(30)33-20-15-16-23(25(17-20)34-28(31)19(3)4)29(5,6)36(32)26-14-10-8-12-22(26)21-11-7-9-13-24(21)35-36/h7-17H,1,3H2,2,4-6H3. The zero-order valence-electron chi connectivity index (χ0n) is 20.7. The second kappa shape index (κ2) is 9.29. The van der Waals surface area contributed by atoms with Gasteiger partial charge in [0.2, 0.25) is 0 Å². The fraction of sp³-hybridized carbons (Fsp3) is 0.172. The number of esters is 2. The minimum absolute atomic E-state index is 0.0928. The van der Waals surface area contributed by atoms with E-state index in [4.69, 9.17) is 14.0 Å². The molecule has 7 heteroatoms. The summed E-state index contributed by atoms with van der Waals surface area (Å²) in [6.07, 6.45) is 0. The van der Waals surface area contributed by atoms with E-state index in [1.54, 1.807) is 38.1 Å². The van der Waals surface area contributed by atoms with Crippen molar-refractivity contribution in [1.82, 2.24) is 0 Å². The van der Waals surface area contributed by atoms with Gasteiger partial charge in [0, 0.05) is 28.3 Å². The van der Waals surface area contributed by atoms with Crippen molar-refractivity contribution in [1.29, 1.82) is 0 Å². The fourth-order valence-electron chi connectivity index (χ4n) is 4.03. The molecule has 0 saturated carbocycles. The molecule has 0 spiro atoms. The number of hydrogen-bond acceptors (Lipinski definition) is 6. The first kappa shape index (κ1) is 25.2. The Kier molecular flexibility index (Phi) is 6.50. The molecule has 1 aliphatic heterocycles. The largest absolute Gasteiger partial charge is 0.439 e. The predicted molar refractivity (Wildman–Crippen MR) is 140 cm³/mol. The van der Waals surface area contributed by atoms with Crippen LogP contribution in [-0.2, 0) is 19.3 Å². The van der Waals surface area contributed by atoms with Gasteiger partial charge < -0.3 is 14.0 Å². The summed E-state index contributed by atoms with van der Waals surface area (Å²) in [5.74, 6) is -0.520. The molecule has 0 amide bonds. The van der Waals surface area contributed by atoms with E-state index in [0.29, 0.717) is 16.6 Å². The quantitative estimate of drug-likeness (QED) is 0.165.